The first kappa shape index (κ1) is 17.0. The fraction of sp³-hybridized carbons (Fsp3) is 0.526. The number of hydrogen-bond donors (Lipinski definition) is 1. The molecule has 0 saturated carbocycles. The molecule has 1 fully saturated rings. The van der Waals surface area contributed by atoms with Crippen LogP contribution in [0.4, 0.5) is 0 Å². The van der Waals surface area contributed by atoms with Crippen molar-refractivity contribution >= 4 is 0 Å². The molecule has 2 aromatic rings. The van der Waals surface area contributed by atoms with Crippen molar-refractivity contribution in [2.75, 3.05) is 33.8 Å². The Bertz CT molecular complexity index is 682. The lowest BCUT2D eigenvalue weighted by Crippen LogP contribution is -2.46. The molecule has 5 heteroatoms. The first-order valence-electron chi connectivity index (χ1n) is 8.72. The van der Waals surface area contributed by atoms with E-state index >= 15 is 0 Å². The van der Waals surface area contributed by atoms with Crippen LogP contribution >= 0.6 is 0 Å². The average Bonchev–Trinajstić information content (AvgIpc) is 2.96. The Labute approximate surface area is 144 Å². The normalized spacial score (nSPS) is 19.6. The second-order valence-electron chi connectivity index (χ2n) is 6.58. The van der Waals surface area contributed by atoms with Crippen LogP contribution in [0.1, 0.15) is 35.7 Å². The van der Waals surface area contributed by atoms with E-state index in [1.165, 1.54) is 17.0 Å². The van der Waals surface area contributed by atoms with Gasteiger partial charge in [0.15, 0.2) is 0 Å². The number of aromatic nitrogens is 2. The van der Waals surface area contributed by atoms with Crippen molar-refractivity contribution in [2.24, 2.45) is 0 Å². The van der Waals surface area contributed by atoms with Crippen molar-refractivity contribution in [3.63, 3.8) is 0 Å². The van der Waals surface area contributed by atoms with Crippen LogP contribution in [0.2, 0.25) is 0 Å². The molecule has 0 radical (unpaired) electrons. The van der Waals surface area contributed by atoms with E-state index in [0.29, 0.717) is 6.04 Å². The lowest BCUT2D eigenvalue weighted by molar-refractivity contribution is 0.0881. The highest BCUT2D eigenvalue weighted by Gasteiger charge is 2.28. The molecule has 5 nitrogen and oxygen atoms in total. The zero-order valence-electron chi connectivity index (χ0n) is 15.2. The topological polar surface area (TPSA) is 44.4 Å². The van der Waals surface area contributed by atoms with Gasteiger partial charge in [-0.25, -0.2) is 4.98 Å². The Balaban J connectivity index is 1.76. The number of methoxy groups -OCH3 is 1. The number of imidazole rings is 1. The van der Waals surface area contributed by atoms with Gasteiger partial charge in [-0.05, 0) is 20.0 Å². The van der Waals surface area contributed by atoms with Gasteiger partial charge in [-0.3, -0.25) is 9.80 Å². The summed E-state index contributed by atoms with van der Waals surface area (Å²) in [5.41, 5.74) is 3.63. The SMILES string of the molecule is CCc1nc(CN2CCN(C)C(c3ccccc3OC)C2)c(C)[nH]1. The van der Waals surface area contributed by atoms with Crippen LogP contribution < -0.4 is 4.74 Å². The maximum absolute atomic E-state index is 5.57. The Morgan fingerprint density at radius 1 is 1.29 bits per heavy atom. The molecule has 3 rings (SSSR count). The van der Waals surface area contributed by atoms with Crippen molar-refractivity contribution in [3.05, 3.63) is 47.0 Å². The van der Waals surface area contributed by atoms with Crippen LogP contribution in [0.15, 0.2) is 24.3 Å². The van der Waals surface area contributed by atoms with E-state index in [0.717, 1.165) is 44.2 Å². The summed E-state index contributed by atoms with van der Waals surface area (Å²) in [4.78, 5) is 13.0. The third-order valence-corrected chi connectivity index (χ3v) is 4.97. The summed E-state index contributed by atoms with van der Waals surface area (Å²) in [7, 11) is 3.95. The average molecular weight is 328 g/mol. The predicted octanol–water partition coefficient (Wildman–Crippen LogP) is 2.78. The first-order valence-corrected chi connectivity index (χ1v) is 8.72. The van der Waals surface area contributed by atoms with Crippen molar-refractivity contribution in [2.45, 2.75) is 32.9 Å². The van der Waals surface area contributed by atoms with E-state index in [9.17, 15) is 0 Å². The summed E-state index contributed by atoms with van der Waals surface area (Å²) in [6.45, 7) is 8.26. The van der Waals surface area contributed by atoms with E-state index in [2.05, 4.69) is 47.8 Å². The van der Waals surface area contributed by atoms with E-state index in [-0.39, 0.29) is 0 Å². The lowest BCUT2D eigenvalue weighted by atomic mass is 10.0. The molecule has 0 spiro atoms. The van der Waals surface area contributed by atoms with Gasteiger partial charge in [0, 0.05) is 43.9 Å². The number of aryl methyl sites for hydroxylation is 2. The second-order valence-corrected chi connectivity index (χ2v) is 6.58. The van der Waals surface area contributed by atoms with Gasteiger partial charge in [-0.1, -0.05) is 25.1 Å². The first-order chi connectivity index (χ1) is 11.6. The molecule has 1 aromatic carbocycles. The van der Waals surface area contributed by atoms with Crippen LogP contribution in [-0.2, 0) is 13.0 Å². The molecule has 1 aliphatic heterocycles. The molecular formula is C19H28N4O. The highest BCUT2D eigenvalue weighted by atomic mass is 16.5. The number of likely N-dealkylation sites (N-methyl/N-ethyl adjacent to an activating group) is 1. The summed E-state index contributed by atoms with van der Waals surface area (Å²) in [5.74, 6) is 2.05. The second kappa shape index (κ2) is 7.36. The number of piperazine rings is 1. The molecule has 0 amide bonds. The van der Waals surface area contributed by atoms with E-state index < -0.39 is 0 Å². The van der Waals surface area contributed by atoms with Crippen molar-refractivity contribution in [1.82, 2.24) is 19.8 Å². The summed E-state index contributed by atoms with van der Waals surface area (Å²) < 4.78 is 5.57. The highest BCUT2D eigenvalue weighted by molar-refractivity contribution is 5.36. The van der Waals surface area contributed by atoms with Crippen molar-refractivity contribution in [1.29, 1.82) is 0 Å². The molecule has 1 atom stereocenters. The molecule has 1 unspecified atom stereocenters. The predicted molar refractivity (Wildman–Crippen MR) is 96.3 cm³/mol. The largest absolute Gasteiger partial charge is 0.496 e. The lowest BCUT2D eigenvalue weighted by Gasteiger charge is -2.40. The molecule has 1 N–H and O–H groups in total. The number of rotatable bonds is 5. The fourth-order valence-electron chi connectivity index (χ4n) is 3.45. The highest BCUT2D eigenvalue weighted by Crippen LogP contribution is 2.31. The molecule has 130 valence electrons. The van der Waals surface area contributed by atoms with Crippen molar-refractivity contribution in [3.8, 4) is 5.75 Å². The number of H-pyrrole nitrogens is 1. The molecule has 1 aromatic heterocycles. The number of aromatic amines is 1. The minimum Gasteiger partial charge on any atom is -0.496 e. The molecule has 24 heavy (non-hydrogen) atoms. The molecule has 0 aliphatic carbocycles. The zero-order chi connectivity index (χ0) is 17.1. The van der Waals surface area contributed by atoms with Gasteiger partial charge in [0.1, 0.15) is 11.6 Å². The molecule has 1 aliphatic rings. The van der Waals surface area contributed by atoms with Gasteiger partial charge in [-0.15, -0.1) is 0 Å². The minimum absolute atomic E-state index is 0.347. The van der Waals surface area contributed by atoms with E-state index in [4.69, 9.17) is 9.72 Å². The maximum atomic E-state index is 5.57. The van der Waals surface area contributed by atoms with Crippen LogP contribution in [0.25, 0.3) is 0 Å². The minimum atomic E-state index is 0.347. The number of ether oxygens (including phenoxy) is 1. The van der Waals surface area contributed by atoms with Crippen LogP contribution in [0.5, 0.6) is 5.75 Å². The van der Waals surface area contributed by atoms with Gasteiger partial charge in [0.05, 0.1) is 18.8 Å². The third-order valence-electron chi connectivity index (χ3n) is 4.97. The summed E-state index contributed by atoms with van der Waals surface area (Å²) in [5, 5.41) is 0. The van der Waals surface area contributed by atoms with Crippen LogP contribution in [0.3, 0.4) is 0 Å². The van der Waals surface area contributed by atoms with Gasteiger partial charge in [0.25, 0.3) is 0 Å². The molecule has 2 heterocycles. The van der Waals surface area contributed by atoms with Gasteiger partial charge in [0.2, 0.25) is 0 Å². The third kappa shape index (κ3) is 3.47. The van der Waals surface area contributed by atoms with Crippen molar-refractivity contribution < 1.29 is 4.74 Å². The monoisotopic (exact) mass is 328 g/mol. The van der Waals surface area contributed by atoms with Crippen LogP contribution in [0, 0.1) is 6.92 Å². The summed E-state index contributed by atoms with van der Waals surface area (Å²) in [6, 6.07) is 8.70. The Morgan fingerprint density at radius 2 is 2.08 bits per heavy atom. The Hall–Kier alpha value is -1.85. The summed E-state index contributed by atoms with van der Waals surface area (Å²) in [6.07, 6.45) is 0.952. The summed E-state index contributed by atoms with van der Waals surface area (Å²) >= 11 is 0. The van der Waals surface area contributed by atoms with Crippen LogP contribution in [-0.4, -0.2) is 53.6 Å². The standard InChI is InChI=1S/C19H28N4O/c1-5-19-20-14(2)16(21-19)12-23-11-10-22(3)17(13-23)15-8-6-7-9-18(15)24-4/h6-9,17H,5,10-13H2,1-4H3,(H,20,21). The Kier molecular flexibility index (Phi) is 5.21. The van der Waals surface area contributed by atoms with E-state index in [1.807, 2.05) is 12.1 Å². The zero-order valence-corrected chi connectivity index (χ0v) is 15.2. The number of para-hydroxylation sites is 1. The van der Waals surface area contributed by atoms with Gasteiger partial charge < -0.3 is 9.72 Å². The number of benzene rings is 1. The Morgan fingerprint density at radius 3 is 2.79 bits per heavy atom. The van der Waals surface area contributed by atoms with Gasteiger partial charge >= 0.3 is 0 Å². The quantitative estimate of drug-likeness (QED) is 0.917. The van der Waals surface area contributed by atoms with E-state index in [1.54, 1.807) is 7.11 Å². The molecular weight excluding hydrogens is 300 g/mol. The number of hydrogen-bond acceptors (Lipinski definition) is 4. The maximum Gasteiger partial charge on any atom is 0.123 e. The molecule has 0 bridgehead atoms. The van der Waals surface area contributed by atoms with Gasteiger partial charge in [-0.2, -0.15) is 0 Å². The molecule has 1 saturated heterocycles. The number of nitrogens with one attached hydrogen (secondary N) is 1. The number of nitrogens with zero attached hydrogens (tertiary/aromatic N) is 3. The smallest absolute Gasteiger partial charge is 0.123 e. The fourth-order valence-corrected chi connectivity index (χ4v) is 3.45.